The molecule has 0 N–H and O–H groups in total. The molecule has 0 amide bonds. The summed E-state index contributed by atoms with van der Waals surface area (Å²) in [5.41, 5.74) is 2.52. The zero-order chi connectivity index (χ0) is 15.5. The highest BCUT2D eigenvalue weighted by Gasteiger charge is 2.28. The van der Waals surface area contributed by atoms with Crippen LogP contribution < -0.4 is 9.04 Å². The van der Waals surface area contributed by atoms with Crippen molar-refractivity contribution in [2.75, 3.05) is 23.9 Å². The Morgan fingerprint density at radius 1 is 0.957 bits per heavy atom. The number of hydrogen-bond donors (Lipinski definition) is 0. The van der Waals surface area contributed by atoms with Crippen LogP contribution in [-0.4, -0.2) is 30.0 Å². The second kappa shape index (κ2) is 6.85. The standard InChI is InChI=1S/C19H22N2OS/c1-2-8-16(9-3-1)21-17-10-4-5-11-18(17)22-19(23-21)12-15-20-13-6-7-14-20/h1-5,8-11,19H,6-7,12-15H2. The van der Waals surface area contributed by atoms with Crippen molar-refractivity contribution >= 4 is 23.3 Å². The van der Waals surface area contributed by atoms with Gasteiger partial charge in [-0.3, -0.25) is 4.31 Å². The molecule has 0 bridgehead atoms. The van der Waals surface area contributed by atoms with Crippen LogP contribution >= 0.6 is 11.9 Å². The number of likely N-dealkylation sites (tertiary alicyclic amines) is 1. The van der Waals surface area contributed by atoms with Crippen molar-refractivity contribution in [3.05, 3.63) is 54.6 Å². The van der Waals surface area contributed by atoms with Crippen LogP contribution in [0.25, 0.3) is 0 Å². The average molecular weight is 326 g/mol. The van der Waals surface area contributed by atoms with Gasteiger partial charge < -0.3 is 9.64 Å². The summed E-state index contributed by atoms with van der Waals surface area (Å²) in [6.45, 7) is 3.62. The number of fused-ring (bicyclic) bond motifs is 1. The molecular formula is C19H22N2OS. The number of hydrogen-bond acceptors (Lipinski definition) is 4. The van der Waals surface area contributed by atoms with Crippen LogP contribution in [0.4, 0.5) is 11.4 Å². The maximum absolute atomic E-state index is 6.24. The highest BCUT2D eigenvalue weighted by atomic mass is 32.2. The topological polar surface area (TPSA) is 15.7 Å². The molecule has 0 aliphatic carbocycles. The van der Waals surface area contributed by atoms with E-state index in [2.05, 4.69) is 63.8 Å². The normalized spacial score (nSPS) is 21.0. The van der Waals surface area contributed by atoms with Crippen molar-refractivity contribution in [1.29, 1.82) is 0 Å². The average Bonchev–Trinajstić information content (AvgIpc) is 3.13. The van der Waals surface area contributed by atoms with Gasteiger partial charge in [-0.25, -0.2) is 0 Å². The molecule has 1 fully saturated rings. The molecule has 2 aliphatic heterocycles. The molecule has 1 saturated heterocycles. The first-order valence-electron chi connectivity index (χ1n) is 8.40. The maximum Gasteiger partial charge on any atom is 0.165 e. The summed E-state index contributed by atoms with van der Waals surface area (Å²) in [5, 5.41) is 0. The highest BCUT2D eigenvalue weighted by molar-refractivity contribution is 8.01. The predicted octanol–water partition coefficient (Wildman–Crippen LogP) is 4.68. The van der Waals surface area contributed by atoms with Gasteiger partial charge in [0.15, 0.2) is 5.44 Å². The van der Waals surface area contributed by atoms with Gasteiger partial charge in [0, 0.05) is 24.9 Å². The van der Waals surface area contributed by atoms with Gasteiger partial charge in [0.1, 0.15) is 5.75 Å². The Hall–Kier alpha value is -1.65. The van der Waals surface area contributed by atoms with Crippen LogP contribution in [0.15, 0.2) is 54.6 Å². The zero-order valence-electron chi connectivity index (χ0n) is 13.2. The molecule has 4 rings (SSSR count). The molecule has 0 spiro atoms. The molecule has 2 aromatic rings. The van der Waals surface area contributed by atoms with Gasteiger partial charge in [0.25, 0.3) is 0 Å². The molecule has 1 atom stereocenters. The van der Waals surface area contributed by atoms with Crippen molar-refractivity contribution in [3.63, 3.8) is 0 Å². The minimum absolute atomic E-state index is 0.172. The van der Waals surface area contributed by atoms with E-state index in [-0.39, 0.29) is 5.44 Å². The van der Waals surface area contributed by atoms with E-state index < -0.39 is 0 Å². The summed E-state index contributed by atoms with van der Waals surface area (Å²) in [6.07, 6.45) is 3.75. The lowest BCUT2D eigenvalue weighted by Gasteiger charge is -2.35. The lowest BCUT2D eigenvalue weighted by Crippen LogP contribution is -2.30. The molecule has 1 unspecified atom stereocenters. The fourth-order valence-electron chi connectivity index (χ4n) is 3.23. The van der Waals surface area contributed by atoms with E-state index in [1.165, 1.54) is 31.6 Å². The Morgan fingerprint density at radius 3 is 2.52 bits per heavy atom. The van der Waals surface area contributed by atoms with E-state index in [9.17, 15) is 0 Å². The third-order valence-corrected chi connectivity index (χ3v) is 5.62. The van der Waals surface area contributed by atoms with E-state index in [4.69, 9.17) is 4.74 Å². The van der Waals surface area contributed by atoms with Gasteiger partial charge in [-0.15, -0.1) is 0 Å². The molecule has 0 aromatic heterocycles. The Bertz CT molecular complexity index is 643. The van der Waals surface area contributed by atoms with Crippen LogP contribution in [0.2, 0.25) is 0 Å². The second-order valence-corrected chi connectivity index (χ2v) is 7.19. The van der Waals surface area contributed by atoms with Crippen LogP contribution in [0.3, 0.4) is 0 Å². The molecule has 2 aromatic carbocycles. The van der Waals surface area contributed by atoms with Crippen LogP contribution in [0.5, 0.6) is 5.75 Å². The van der Waals surface area contributed by atoms with E-state index >= 15 is 0 Å². The van der Waals surface area contributed by atoms with Gasteiger partial charge in [0.05, 0.1) is 11.4 Å². The summed E-state index contributed by atoms with van der Waals surface area (Å²) in [7, 11) is 0. The third kappa shape index (κ3) is 3.33. The number of ether oxygens (including phenoxy) is 1. The molecule has 0 radical (unpaired) electrons. The molecule has 4 heteroatoms. The Balaban J connectivity index is 1.53. The van der Waals surface area contributed by atoms with Gasteiger partial charge in [-0.1, -0.05) is 30.3 Å². The van der Waals surface area contributed by atoms with Crippen LogP contribution in [-0.2, 0) is 0 Å². The number of benzene rings is 2. The zero-order valence-corrected chi connectivity index (χ0v) is 14.0. The fraction of sp³-hybridized carbons (Fsp3) is 0.368. The second-order valence-electron chi connectivity index (χ2n) is 6.09. The largest absolute Gasteiger partial charge is 0.476 e. The highest BCUT2D eigenvalue weighted by Crippen LogP contribution is 2.45. The Morgan fingerprint density at radius 2 is 1.70 bits per heavy atom. The van der Waals surface area contributed by atoms with Crippen molar-refractivity contribution < 1.29 is 4.74 Å². The minimum Gasteiger partial charge on any atom is -0.476 e. The maximum atomic E-state index is 6.24. The first-order valence-corrected chi connectivity index (χ1v) is 9.24. The van der Waals surface area contributed by atoms with Crippen LogP contribution in [0, 0.1) is 0 Å². The summed E-state index contributed by atoms with van der Waals surface area (Å²) in [6, 6.07) is 18.9. The van der Waals surface area contributed by atoms with E-state index in [1.54, 1.807) is 11.9 Å². The molecular weight excluding hydrogens is 304 g/mol. The molecule has 2 heterocycles. The number of rotatable bonds is 4. The molecule has 2 aliphatic rings. The third-order valence-electron chi connectivity index (χ3n) is 4.44. The Labute approximate surface area is 142 Å². The number of para-hydroxylation sites is 3. The van der Waals surface area contributed by atoms with Crippen molar-refractivity contribution in [1.82, 2.24) is 4.90 Å². The Kier molecular flexibility index (Phi) is 4.44. The smallest absolute Gasteiger partial charge is 0.165 e. The van der Waals surface area contributed by atoms with Crippen LogP contribution in [0.1, 0.15) is 19.3 Å². The number of nitrogens with zero attached hydrogens (tertiary/aromatic N) is 2. The lowest BCUT2D eigenvalue weighted by atomic mass is 10.2. The summed E-state index contributed by atoms with van der Waals surface area (Å²) in [4.78, 5) is 2.55. The monoisotopic (exact) mass is 326 g/mol. The van der Waals surface area contributed by atoms with Crippen molar-refractivity contribution in [3.8, 4) is 5.75 Å². The number of anilines is 2. The fourth-order valence-corrected chi connectivity index (χ4v) is 4.33. The summed E-state index contributed by atoms with van der Waals surface area (Å²) < 4.78 is 8.55. The SMILES string of the molecule is c1ccc(N2SC(CCN3CCCC3)Oc3ccccc32)cc1. The van der Waals surface area contributed by atoms with E-state index in [0.717, 1.165) is 24.4 Å². The van der Waals surface area contributed by atoms with E-state index in [1.807, 2.05) is 0 Å². The quantitative estimate of drug-likeness (QED) is 0.758. The summed E-state index contributed by atoms with van der Waals surface area (Å²) in [5.74, 6) is 0.988. The van der Waals surface area contributed by atoms with Gasteiger partial charge in [-0.2, -0.15) is 0 Å². The predicted molar refractivity (Wildman–Crippen MR) is 97.3 cm³/mol. The van der Waals surface area contributed by atoms with Crippen molar-refractivity contribution in [2.45, 2.75) is 24.7 Å². The molecule has 23 heavy (non-hydrogen) atoms. The van der Waals surface area contributed by atoms with Gasteiger partial charge in [-0.05, 0) is 50.2 Å². The van der Waals surface area contributed by atoms with Gasteiger partial charge in [0.2, 0.25) is 0 Å². The van der Waals surface area contributed by atoms with E-state index in [0.29, 0.717) is 0 Å². The molecule has 3 nitrogen and oxygen atoms in total. The first-order chi connectivity index (χ1) is 11.4. The lowest BCUT2D eigenvalue weighted by molar-refractivity contribution is 0.237. The summed E-state index contributed by atoms with van der Waals surface area (Å²) >= 11 is 1.80. The van der Waals surface area contributed by atoms with Crippen molar-refractivity contribution in [2.24, 2.45) is 0 Å². The molecule has 0 saturated carbocycles. The first kappa shape index (κ1) is 14.9. The molecule has 120 valence electrons. The van der Waals surface area contributed by atoms with Gasteiger partial charge >= 0.3 is 0 Å². The minimum atomic E-state index is 0.172.